The Morgan fingerprint density at radius 3 is 1.91 bits per heavy atom. The largest absolute Gasteiger partial charge is 0.352 e. The minimum absolute atomic E-state index is 0.359. The third-order valence-corrected chi connectivity index (χ3v) is 4.60. The number of anilines is 3. The van der Waals surface area contributed by atoms with E-state index in [0.717, 1.165) is 0 Å². The van der Waals surface area contributed by atoms with Crippen LogP contribution in [0.25, 0.3) is 0 Å². The normalized spacial score (nSPS) is 17.5. The third kappa shape index (κ3) is 2.27. The van der Waals surface area contributed by atoms with Crippen LogP contribution in [0.15, 0.2) is 48.5 Å². The number of benzene rings is 2. The Balaban J connectivity index is 2.19. The Bertz CT molecular complexity index is 660. The molecule has 0 aliphatic carbocycles. The maximum Gasteiger partial charge on any atom is 0.108 e. The first-order valence-corrected chi connectivity index (χ1v) is 8.22. The number of hydrogen-bond acceptors (Lipinski definition) is 2. The van der Waals surface area contributed by atoms with Crippen molar-refractivity contribution in [2.75, 3.05) is 16.8 Å². The van der Waals surface area contributed by atoms with Crippen LogP contribution in [0.2, 0.25) is 0 Å². The number of fused-ring (bicyclic) bond motifs is 1. The molecule has 0 saturated heterocycles. The van der Waals surface area contributed by atoms with E-state index in [0.29, 0.717) is 18.0 Å². The van der Waals surface area contributed by atoms with E-state index in [-0.39, 0.29) is 0 Å². The van der Waals surface area contributed by atoms with Crippen LogP contribution in [-0.2, 0) is 0 Å². The highest BCUT2D eigenvalue weighted by Crippen LogP contribution is 2.46. The fourth-order valence-corrected chi connectivity index (χ4v) is 3.64. The van der Waals surface area contributed by atoms with E-state index >= 15 is 0 Å². The molecule has 1 heterocycles. The summed E-state index contributed by atoms with van der Waals surface area (Å²) in [4.78, 5) is 4.94. The Kier molecular flexibility index (Phi) is 3.86. The van der Waals surface area contributed by atoms with Crippen LogP contribution in [-0.4, -0.2) is 13.2 Å². The van der Waals surface area contributed by atoms with Crippen molar-refractivity contribution in [3.8, 4) is 0 Å². The summed E-state index contributed by atoms with van der Waals surface area (Å²) in [6, 6.07) is 17.6. The van der Waals surface area contributed by atoms with Crippen LogP contribution in [0.3, 0.4) is 0 Å². The molecule has 1 aliphatic rings. The quantitative estimate of drug-likeness (QED) is 0.750. The summed E-state index contributed by atoms with van der Waals surface area (Å²) in [6.07, 6.45) is 0.359. The SMILES string of the molecule is CC(C)c1ccccc1N1c2ccccc2N(C)C1C(C)C. The first-order chi connectivity index (χ1) is 10.5. The first-order valence-electron chi connectivity index (χ1n) is 8.22. The van der Waals surface area contributed by atoms with Crippen molar-refractivity contribution < 1.29 is 0 Å². The number of hydrogen-bond donors (Lipinski definition) is 0. The molecule has 0 spiro atoms. The van der Waals surface area contributed by atoms with Gasteiger partial charge in [0.15, 0.2) is 0 Å². The molecule has 0 radical (unpaired) electrons. The topological polar surface area (TPSA) is 6.48 Å². The van der Waals surface area contributed by atoms with Crippen molar-refractivity contribution in [3.63, 3.8) is 0 Å². The zero-order valence-electron chi connectivity index (χ0n) is 14.2. The molecule has 3 rings (SSSR count). The highest BCUT2D eigenvalue weighted by atomic mass is 15.4. The lowest BCUT2D eigenvalue weighted by Crippen LogP contribution is -2.43. The van der Waals surface area contributed by atoms with Crippen LogP contribution in [0.1, 0.15) is 39.2 Å². The Labute approximate surface area is 134 Å². The van der Waals surface area contributed by atoms with Crippen LogP contribution in [0, 0.1) is 5.92 Å². The molecule has 2 aromatic rings. The second-order valence-corrected chi connectivity index (χ2v) is 6.84. The van der Waals surface area contributed by atoms with Crippen molar-refractivity contribution in [3.05, 3.63) is 54.1 Å². The summed E-state index contributed by atoms with van der Waals surface area (Å²) in [6.45, 7) is 9.15. The minimum atomic E-state index is 0.359. The van der Waals surface area contributed by atoms with E-state index in [4.69, 9.17) is 0 Å². The van der Waals surface area contributed by atoms with Crippen LogP contribution in [0.5, 0.6) is 0 Å². The lowest BCUT2D eigenvalue weighted by molar-refractivity contribution is 0.494. The van der Waals surface area contributed by atoms with Gasteiger partial charge in [0.2, 0.25) is 0 Å². The summed E-state index contributed by atoms with van der Waals surface area (Å²) in [5, 5.41) is 0. The van der Waals surface area contributed by atoms with E-state index in [9.17, 15) is 0 Å². The highest BCUT2D eigenvalue weighted by Gasteiger charge is 2.37. The zero-order chi connectivity index (χ0) is 15.9. The van der Waals surface area contributed by atoms with Gasteiger partial charge in [-0.2, -0.15) is 0 Å². The van der Waals surface area contributed by atoms with Gasteiger partial charge in [0.1, 0.15) is 6.17 Å². The van der Waals surface area contributed by atoms with Gasteiger partial charge in [0.25, 0.3) is 0 Å². The second-order valence-electron chi connectivity index (χ2n) is 6.84. The van der Waals surface area contributed by atoms with Crippen molar-refractivity contribution in [1.82, 2.24) is 0 Å². The molecule has 0 fully saturated rings. The average molecular weight is 294 g/mol. The zero-order valence-corrected chi connectivity index (χ0v) is 14.2. The smallest absolute Gasteiger partial charge is 0.108 e. The molecule has 0 amide bonds. The van der Waals surface area contributed by atoms with Gasteiger partial charge >= 0.3 is 0 Å². The molecule has 2 heteroatoms. The summed E-state index contributed by atoms with van der Waals surface area (Å²) in [5.74, 6) is 1.06. The molecule has 22 heavy (non-hydrogen) atoms. The Morgan fingerprint density at radius 2 is 1.32 bits per heavy atom. The van der Waals surface area contributed by atoms with Gasteiger partial charge in [-0.3, -0.25) is 0 Å². The molecule has 0 saturated carbocycles. The fourth-order valence-electron chi connectivity index (χ4n) is 3.64. The van der Waals surface area contributed by atoms with Gasteiger partial charge in [-0.1, -0.05) is 58.0 Å². The van der Waals surface area contributed by atoms with E-state index in [1.54, 1.807) is 0 Å². The minimum Gasteiger partial charge on any atom is -0.352 e. The van der Waals surface area contributed by atoms with Crippen molar-refractivity contribution in [1.29, 1.82) is 0 Å². The molecule has 1 unspecified atom stereocenters. The molecular formula is C20H26N2. The first kappa shape index (κ1) is 15.0. The maximum atomic E-state index is 2.52. The third-order valence-electron chi connectivity index (χ3n) is 4.60. The predicted octanol–water partition coefficient (Wildman–Crippen LogP) is 5.38. The van der Waals surface area contributed by atoms with Gasteiger partial charge in [-0.05, 0) is 35.6 Å². The van der Waals surface area contributed by atoms with Crippen LogP contribution < -0.4 is 9.80 Å². The predicted molar refractivity (Wildman–Crippen MR) is 96.1 cm³/mol. The van der Waals surface area contributed by atoms with E-state index in [1.165, 1.54) is 22.6 Å². The second kappa shape index (κ2) is 5.68. The standard InChI is InChI=1S/C20H26N2/c1-14(2)16-10-6-7-11-17(16)22-19-13-9-8-12-18(19)21(5)20(22)15(3)4/h6-15,20H,1-5H3. The van der Waals surface area contributed by atoms with E-state index in [2.05, 4.69) is 93.1 Å². The van der Waals surface area contributed by atoms with Crippen molar-refractivity contribution >= 4 is 17.1 Å². The summed E-state index contributed by atoms with van der Waals surface area (Å²) in [5.41, 5.74) is 5.39. The van der Waals surface area contributed by atoms with Crippen LogP contribution in [0.4, 0.5) is 17.1 Å². The highest BCUT2D eigenvalue weighted by molar-refractivity contribution is 5.84. The summed E-state index contributed by atoms with van der Waals surface area (Å²) < 4.78 is 0. The maximum absolute atomic E-state index is 2.52. The molecular weight excluding hydrogens is 268 g/mol. The molecule has 2 aromatic carbocycles. The Morgan fingerprint density at radius 1 is 0.773 bits per heavy atom. The van der Waals surface area contributed by atoms with Gasteiger partial charge in [-0.15, -0.1) is 0 Å². The molecule has 116 valence electrons. The Hall–Kier alpha value is -1.96. The number of nitrogens with zero attached hydrogens (tertiary/aromatic N) is 2. The number of rotatable bonds is 3. The molecule has 2 nitrogen and oxygen atoms in total. The van der Waals surface area contributed by atoms with Crippen molar-refractivity contribution in [2.24, 2.45) is 5.92 Å². The van der Waals surface area contributed by atoms with Gasteiger partial charge in [-0.25, -0.2) is 0 Å². The average Bonchev–Trinajstić information content (AvgIpc) is 2.81. The monoisotopic (exact) mass is 294 g/mol. The van der Waals surface area contributed by atoms with E-state index in [1.807, 2.05) is 0 Å². The molecule has 0 aromatic heterocycles. The molecule has 0 N–H and O–H groups in total. The van der Waals surface area contributed by atoms with Crippen LogP contribution >= 0.6 is 0 Å². The summed E-state index contributed by atoms with van der Waals surface area (Å²) >= 11 is 0. The summed E-state index contributed by atoms with van der Waals surface area (Å²) in [7, 11) is 2.21. The van der Waals surface area contributed by atoms with Gasteiger partial charge in [0.05, 0.1) is 11.4 Å². The van der Waals surface area contributed by atoms with Crippen molar-refractivity contribution in [2.45, 2.75) is 39.8 Å². The molecule has 1 aliphatic heterocycles. The number of para-hydroxylation sites is 3. The van der Waals surface area contributed by atoms with Gasteiger partial charge in [0, 0.05) is 12.7 Å². The molecule has 1 atom stereocenters. The van der Waals surface area contributed by atoms with Gasteiger partial charge < -0.3 is 9.80 Å². The molecule has 0 bridgehead atoms. The lowest BCUT2D eigenvalue weighted by atomic mass is 9.99. The fraction of sp³-hybridized carbons (Fsp3) is 0.400. The lowest BCUT2D eigenvalue weighted by Gasteiger charge is -2.35. The van der Waals surface area contributed by atoms with E-state index < -0.39 is 0 Å².